The second-order valence-electron chi connectivity index (χ2n) is 5.18. The van der Waals surface area contributed by atoms with Gasteiger partial charge in [0.15, 0.2) is 0 Å². The summed E-state index contributed by atoms with van der Waals surface area (Å²) < 4.78 is 1.02. The molecule has 1 fully saturated rings. The molecule has 1 heterocycles. The molecular formula is C14H19BrN2O2. The average molecular weight is 327 g/mol. The number of carboxylic acid groups (broad SMARTS) is 1. The SMILES string of the molecule is CC1CN(C)CC(CC(=O)O)N1c1ccccc1Br. The number of piperazine rings is 1. The van der Waals surface area contributed by atoms with Crippen molar-refractivity contribution in [3.05, 3.63) is 28.7 Å². The van der Waals surface area contributed by atoms with Crippen LogP contribution in [0.1, 0.15) is 13.3 Å². The van der Waals surface area contributed by atoms with Crippen molar-refractivity contribution in [2.45, 2.75) is 25.4 Å². The Bertz CT molecular complexity index is 467. The van der Waals surface area contributed by atoms with Gasteiger partial charge in [0.2, 0.25) is 0 Å². The summed E-state index contributed by atoms with van der Waals surface area (Å²) in [6.45, 7) is 3.86. The Balaban J connectivity index is 2.32. The largest absolute Gasteiger partial charge is 0.481 e. The van der Waals surface area contributed by atoms with Crippen molar-refractivity contribution in [2.24, 2.45) is 0 Å². The van der Waals surface area contributed by atoms with Crippen LogP contribution in [0.5, 0.6) is 0 Å². The zero-order valence-electron chi connectivity index (χ0n) is 11.2. The summed E-state index contributed by atoms with van der Waals surface area (Å²) in [4.78, 5) is 15.5. The number of hydrogen-bond acceptors (Lipinski definition) is 3. The number of halogens is 1. The molecule has 5 heteroatoms. The molecule has 0 aliphatic carbocycles. The summed E-state index contributed by atoms with van der Waals surface area (Å²) >= 11 is 3.57. The van der Waals surface area contributed by atoms with E-state index < -0.39 is 5.97 Å². The van der Waals surface area contributed by atoms with Gasteiger partial charge in [-0.3, -0.25) is 4.79 Å². The van der Waals surface area contributed by atoms with Gasteiger partial charge in [-0.15, -0.1) is 0 Å². The van der Waals surface area contributed by atoms with E-state index in [0.29, 0.717) is 6.04 Å². The highest BCUT2D eigenvalue weighted by atomic mass is 79.9. The van der Waals surface area contributed by atoms with Gasteiger partial charge in [0, 0.05) is 23.6 Å². The second kappa shape index (κ2) is 5.92. The van der Waals surface area contributed by atoms with Crippen molar-refractivity contribution in [2.75, 3.05) is 25.0 Å². The van der Waals surface area contributed by atoms with Gasteiger partial charge in [-0.1, -0.05) is 12.1 Å². The van der Waals surface area contributed by atoms with Gasteiger partial charge in [-0.2, -0.15) is 0 Å². The predicted molar refractivity (Wildman–Crippen MR) is 79.6 cm³/mol. The molecule has 2 rings (SSSR count). The molecule has 2 unspecified atom stereocenters. The number of likely N-dealkylation sites (N-methyl/N-ethyl adjacent to an activating group) is 1. The fraction of sp³-hybridized carbons (Fsp3) is 0.500. The highest BCUT2D eigenvalue weighted by Gasteiger charge is 2.32. The van der Waals surface area contributed by atoms with Crippen LogP contribution in [0.4, 0.5) is 5.69 Å². The third-order valence-electron chi connectivity index (χ3n) is 3.51. The number of para-hydroxylation sites is 1. The van der Waals surface area contributed by atoms with Crippen molar-refractivity contribution < 1.29 is 9.90 Å². The lowest BCUT2D eigenvalue weighted by molar-refractivity contribution is -0.137. The number of aliphatic carboxylic acids is 1. The van der Waals surface area contributed by atoms with Gasteiger partial charge in [-0.05, 0) is 42.0 Å². The van der Waals surface area contributed by atoms with Gasteiger partial charge in [0.05, 0.1) is 18.2 Å². The number of anilines is 1. The number of hydrogen-bond donors (Lipinski definition) is 1. The Morgan fingerprint density at radius 2 is 2.11 bits per heavy atom. The van der Waals surface area contributed by atoms with E-state index in [-0.39, 0.29) is 12.5 Å². The Labute approximate surface area is 122 Å². The van der Waals surface area contributed by atoms with Crippen LogP contribution >= 0.6 is 15.9 Å². The fourth-order valence-electron chi connectivity index (χ4n) is 2.88. The Morgan fingerprint density at radius 1 is 1.42 bits per heavy atom. The molecule has 0 saturated carbocycles. The summed E-state index contributed by atoms with van der Waals surface area (Å²) in [6.07, 6.45) is 0.163. The van der Waals surface area contributed by atoms with Gasteiger partial charge in [-0.25, -0.2) is 0 Å². The van der Waals surface area contributed by atoms with E-state index in [9.17, 15) is 4.79 Å². The molecule has 1 aliphatic rings. The molecule has 0 radical (unpaired) electrons. The molecule has 19 heavy (non-hydrogen) atoms. The van der Waals surface area contributed by atoms with E-state index in [4.69, 9.17) is 5.11 Å². The minimum Gasteiger partial charge on any atom is -0.481 e. The van der Waals surface area contributed by atoms with Gasteiger partial charge in [0.1, 0.15) is 0 Å². The van der Waals surface area contributed by atoms with Gasteiger partial charge < -0.3 is 14.9 Å². The normalized spacial score (nSPS) is 24.5. The first kappa shape index (κ1) is 14.3. The van der Waals surface area contributed by atoms with Crippen LogP contribution < -0.4 is 4.90 Å². The average Bonchev–Trinajstić information content (AvgIpc) is 2.29. The lowest BCUT2D eigenvalue weighted by Gasteiger charge is -2.46. The molecule has 4 nitrogen and oxygen atoms in total. The first-order valence-electron chi connectivity index (χ1n) is 6.42. The van der Waals surface area contributed by atoms with Gasteiger partial charge >= 0.3 is 5.97 Å². The third-order valence-corrected chi connectivity index (χ3v) is 4.18. The zero-order chi connectivity index (χ0) is 14.0. The summed E-state index contributed by atoms with van der Waals surface area (Å²) in [6, 6.07) is 8.30. The quantitative estimate of drug-likeness (QED) is 0.926. The molecule has 1 aromatic rings. The van der Waals surface area contributed by atoms with Crippen LogP contribution in [0.15, 0.2) is 28.7 Å². The Hall–Kier alpha value is -1.07. The first-order chi connectivity index (χ1) is 8.99. The lowest BCUT2D eigenvalue weighted by Crippen LogP contribution is -2.57. The van der Waals surface area contributed by atoms with E-state index in [2.05, 4.69) is 32.7 Å². The van der Waals surface area contributed by atoms with Crippen molar-refractivity contribution in [1.29, 1.82) is 0 Å². The van der Waals surface area contributed by atoms with Crippen molar-refractivity contribution in [1.82, 2.24) is 4.90 Å². The van der Waals surface area contributed by atoms with Crippen LogP contribution in [0.3, 0.4) is 0 Å². The minimum atomic E-state index is -0.746. The number of nitrogens with zero attached hydrogens (tertiary/aromatic N) is 2. The molecule has 0 spiro atoms. The zero-order valence-corrected chi connectivity index (χ0v) is 12.8. The molecule has 0 bridgehead atoms. The molecule has 104 valence electrons. The van der Waals surface area contributed by atoms with Crippen LogP contribution in [-0.4, -0.2) is 48.2 Å². The van der Waals surface area contributed by atoms with Crippen molar-refractivity contribution in [3.8, 4) is 0 Å². The molecule has 0 amide bonds. The number of benzene rings is 1. The number of carbonyl (C=O) groups is 1. The maximum absolute atomic E-state index is 11.1. The molecule has 1 aliphatic heterocycles. The Morgan fingerprint density at radius 3 is 2.74 bits per heavy atom. The van der Waals surface area contributed by atoms with E-state index in [1.54, 1.807) is 0 Å². The predicted octanol–water partition coefficient (Wildman–Crippen LogP) is 2.43. The summed E-state index contributed by atoms with van der Waals surface area (Å²) in [5.41, 5.74) is 1.08. The lowest BCUT2D eigenvalue weighted by atomic mass is 10.0. The monoisotopic (exact) mass is 326 g/mol. The van der Waals surface area contributed by atoms with Crippen molar-refractivity contribution in [3.63, 3.8) is 0 Å². The fourth-order valence-corrected chi connectivity index (χ4v) is 3.37. The standard InChI is InChI=1S/C14H19BrN2O2/c1-10-8-16(2)9-11(7-14(18)19)17(10)13-6-4-3-5-12(13)15/h3-6,10-11H,7-9H2,1-2H3,(H,18,19). The van der Waals surface area contributed by atoms with E-state index in [0.717, 1.165) is 23.2 Å². The molecule has 0 aromatic heterocycles. The van der Waals surface area contributed by atoms with Crippen LogP contribution in [0, 0.1) is 0 Å². The molecular weight excluding hydrogens is 308 g/mol. The summed E-state index contributed by atoms with van der Waals surface area (Å²) in [5, 5.41) is 9.12. The molecule has 1 N–H and O–H groups in total. The molecule has 1 saturated heterocycles. The highest BCUT2D eigenvalue weighted by molar-refractivity contribution is 9.10. The third kappa shape index (κ3) is 3.28. The molecule has 1 aromatic carbocycles. The number of rotatable bonds is 3. The second-order valence-corrected chi connectivity index (χ2v) is 6.03. The van der Waals surface area contributed by atoms with Gasteiger partial charge in [0.25, 0.3) is 0 Å². The van der Waals surface area contributed by atoms with E-state index in [1.807, 2.05) is 31.3 Å². The number of carboxylic acids is 1. The maximum Gasteiger partial charge on any atom is 0.305 e. The summed E-state index contributed by atoms with van der Waals surface area (Å²) in [5.74, 6) is -0.746. The minimum absolute atomic E-state index is 0.00458. The van der Waals surface area contributed by atoms with E-state index in [1.165, 1.54) is 0 Å². The highest BCUT2D eigenvalue weighted by Crippen LogP contribution is 2.32. The Kier molecular flexibility index (Phi) is 4.47. The van der Waals surface area contributed by atoms with Crippen LogP contribution in [0.2, 0.25) is 0 Å². The van der Waals surface area contributed by atoms with Crippen LogP contribution in [0.25, 0.3) is 0 Å². The smallest absolute Gasteiger partial charge is 0.305 e. The maximum atomic E-state index is 11.1. The molecule has 2 atom stereocenters. The van der Waals surface area contributed by atoms with Crippen LogP contribution in [-0.2, 0) is 4.79 Å². The summed E-state index contributed by atoms with van der Waals surface area (Å²) in [7, 11) is 2.04. The topological polar surface area (TPSA) is 43.8 Å². The first-order valence-corrected chi connectivity index (χ1v) is 7.21. The van der Waals surface area contributed by atoms with E-state index >= 15 is 0 Å². The van der Waals surface area contributed by atoms with Crippen molar-refractivity contribution >= 4 is 27.6 Å².